The molecule has 1 aromatic rings. The number of phenols is 1. The third-order valence-corrected chi connectivity index (χ3v) is 2.89. The van der Waals surface area contributed by atoms with Crippen LogP contribution in [0.3, 0.4) is 0 Å². The number of rotatable bonds is 5. The van der Waals surface area contributed by atoms with Crippen molar-refractivity contribution >= 4 is 17.5 Å². The second kappa shape index (κ2) is 6.61. The molecule has 5 heteroatoms. The van der Waals surface area contributed by atoms with Crippen LogP contribution in [0.4, 0.5) is 0 Å². The lowest BCUT2D eigenvalue weighted by Gasteiger charge is -2.15. The van der Waals surface area contributed by atoms with Crippen LogP contribution in [-0.2, 0) is 0 Å². The van der Waals surface area contributed by atoms with Gasteiger partial charge in [-0.05, 0) is 31.4 Å². The summed E-state index contributed by atoms with van der Waals surface area (Å²) in [6, 6.07) is 4.54. The molecule has 1 amide bonds. The van der Waals surface area contributed by atoms with Gasteiger partial charge in [0.2, 0.25) is 0 Å². The molecule has 0 aromatic heterocycles. The smallest absolute Gasteiger partial charge is 0.256 e. The fraction of sp³-hybridized carbons (Fsp3) is 0.462. The topological polar surface area (TPSA) is 69.6 Å². The van der Waals surface area contributed by atoms with Gasteiger partial charge in [-0.15, -0.1) is 0 Å². The molecule has 0 aliphatic carbocycles. The summed E-state index contributed by atoms with van der Waals surface area (Å²) in [6.07, 6.45) is 0.208. The molecule has 0 saturated carbocycles. The third-order valence-electron chi connectivity index (χ3n) is 2.57. The van der Waals surface area contributed by atoms with Crippen LogP contribution in [0.25, 0.3) is 0 Å². The minimum Gasteiger partial charge on any atom is -0.507 e. The fourth-order valence-electron chi connectivity index (χ4n) is 1.76. The summed E-state index contributed by atoms with van der Waals surface area (Å²) >= 11 is 5.86. The Morgan fingerprint density at radius 3 is 2.67 bits per heavy atom. The second-order valence-electron chi connectivity index (χ2n) is 4.53. The molecule has 3 N–H and O–H groups in total. The van der Waals surface area contributed by atoms with E-state index in [1.165, 1.54) is 6.07 Å². The molecular weight excluding hydrogens is 254 g/mol. The standard InChI is InChI=1S/C13H18ClNO3/c1-8(6-9(2)16)7-15-13(18)12-10(14)4-3-5-11(12)17/h3-5,8-9,16-17H,6-7H2,1-2H3,(H,15,18)/t8-,9-/m0/s1. The number of benzene rings is 1. The first-order valence-electron chi connectivity index (χ1n) is 5.85. The average Bonchev–Trinajstić information content (AvgIpc) is 2.25. The van der Waals surface area contributed by atoms with Crippen molar-refractivity contribution < 1.29 is 15.0 Å². The third kappa shape index (κ3) is 4.20. The van der Waals surface area contributed by atoms with Crippen molar-refractivity contribution in [3.05, 3.63) is 28.8 Å². The van der Waals surface area contributed by atoms with Gasteiger partial charge in [0.05, 0.1) is 16.7 Å². The zero-order valence-electron chi connectivity index (χ0n) is 10.5. The predicted molar refractivity (Wildman–Crippen MR) is 70.9 cm³/mol. The molecule has 18 heavy (non-hydrogen) atoms. The normalized spacial score (nSPS) is 14.0. The molecule has 1 rings (SSSR count). The average molecular weight is 272 g/mol. The highest BCUT2D eigenvalue weighted by Crippen LogP contribution is 2.24. The fourth-order valence-corrected chi connectivity index (χ4v) is 2.01. The molecule has 0 aliphatic rings. The molecule has 0 fully saturated rings. The van der Waals surface area contributed by atoms with Crippen LogP contribution in [0.15, 0.2) is 18.2 Å². The second-order valence-corrected chi connectivity index (χ2v) is 4.94. The Labute approximate surface area is 112 Å². The quantitative estimate of drug-likeness (QED) is 0.769. The summed E-state index contributed by atoms with van der Waals surface area (Å²) in [5.41, 5.74) is 0.0865. The van der Waals surface area contributed by atoms with E-state index in [2.05, 4.69) is 5.32 Å². The van der Waals surface area contributed by atoms with Crippen LogP contribution < -0.4 is 5.32 Å². The van der Waals surface area contributed by atoms with Crippen LogP contribution in [0.1, 0.15) is 30.6 Å². The summed E-state index contributed by atoms with van der Waals surface area (Å²) in [5.74, 6) is -0.391. The number of aliphatic hydroxyl groups is 1. The van der Waals surface area contributed by atoms with Crippen molar-refractivity contribution in [2.24, 2.45) is 5.92 Å². The number of aliphatic hydroxyl groups excluding tert-OH is 1. The summed E-state index contributed by atoms with van der Waals surface area (Å²) in [6.45, 7) is 4.06. The number of nitrogens with one attached hydrogen (secondary N) is 1. The van der Waals surface area contributed by atoms with Crippen molar-refractivity contribution in [3.63, 3.8) is 0 Å². The Kier molecular flexibility index (Phi) is 5.44. The van der Waals surface area contributed by atoms with Gasteiger partial charge in [0.1, 0.15) is 5.75 Å². The Morgan fingerprint density at radius 2 is 2.11 bits per heavy atom. The SMILES string of the molecule is C[C@H](CNC(=O)c1c(O)cccc1Cl)C[C@H](C)O. The monoisotopic (exact) mass is 271 g/mol. The maximum atomic E-state index is 11.9. The Bertz CT molecular complexity index is 400. The van der Waals surface area contributed by atoms with Gasteiger partial charge in [0.15, 0.2) is 0 Å². The summed E-state index contributed by atoms with van der Waals surface area (Å²) in [7, 11) is 0. The lowest BCUT2D eigenvalue weighted by Crippen LogP contribution is -2.29. The first-order valence-corrected chi connectivity index (χ1v) is 6.23. The van der Waals surface area contributed by atoms with Crippen LogP contribution in [0.5, 0.6) is 5.75 Å². The number of hydrogen-bond acceptors (Lipinski definition) is 3. The highest BCUT2D eigenvalue weighted by atomic mass is 35.5. The molecule has 0 unspecified atom stereocenters. The minimum absolute atomic E-state index is 0.0865. The van der Waals surface area contributed by atoms with Crippen molar-refractivity contribution in [3.8, 4) is 5.75 Å². The van der Waals surface area contributed by atoms with Crippen LogP contribution in [0, 0.1) is 5.92 Å². The lowest BCUT2D eigenvalue weighted by atomic mass is 10.0. The van der Waals surface area contributed by atoms with Gasteiger partial charge in [-0.1, -0.05) is 24.6 Å². The van der Waals surface area contributed by atoms with Crippen molar-refractivity contribution in [2.45, 2.75) is 26.4 Å². The summed E-state index contributed by atoms with van der Waals surface area (Å²) in [4.78, 5) is 11.9. The molecule has 0 bridgehead atoms. The van der Waals surface area contributed by atoms with Gasteiger partial charge in [-0.25, -0.2) is 0 Å². The maximum Gasteiger partial charge on any atom is 0.256 e. The van der Waals surface area contributed by atoms with Crippen molar-refractivity contribution in [1.29, 1.82) is 0 Å². The molecule has 0 spiro atoms. The molecule has 0 aliphatic heterocycles. The van der Waals surface area contributed by atoms with Gasteiger partial charge < -0.3 is 15.5 Å². The predicted octanol–water partition coefficient (Wildman–Crippen LogP) is 2.18. The van der Waals surface area contributed by atoms with E-state index in [9.17, 15) is 15.0 Å². The van der Waals surface area contributed by atoms with Gasteiger partial charge in [0, 0.05) is 6.54 Å². The Hall–Kier alpha value is -1.26. The van der Waals surface area contributed by atoms with E-state index >= 15 is 0 Å². The Balaban J connectivity index is 2.61. The number of phenolic OH excluding ortho intramolecular Hbond substituents is 1. The minimum atomic E-state index is -0.407. The maximum absolute atomic E-state index is 11.9. The number of carbonyl (C=O) groups is 1. The molecular formula is C13H18ClNO3. The lowest BCUT2D eigenvalue weighted by molar-refractivity contribution is 0.0937. The first kappa shape index (κ1) is 14.8. The molecule has 4 nitrogen and oxygen atoms in total. The van der Waals surface area contributed by atoms with Gasteiger partial charge in [-0.2, -0.15) is 0 Å². The number of hydrogen-bond donors (Lipinski definition) is 3. The van der Waals surface area contributed by atoms with Crippen LogP contribution in [0.2, 0.25) is 5.02 Å². The highest BCUT2D eigenvalue weighted by molar-refractivity contribution is 6.34. The van der Waals surface area contributed by atoms with Gasteiger partial charge >= 0.3 is 0 Å². The zero-order valence-corrected chi connectivity index (χ0v) is 11.2. The van der Waals surface area contributed by atoms with E-state index < -0.39 is 12.0 Å². The van der Waals surface area contributed by atoms with E-state index in [1.807, 2.05) is 6.92 Å². The van der Waals surface area contributed by atoms with E-state index in [1.54, 1.807) is 19.1 Å². The van der Waals surface area contributed by atoms with Crippen LogP contribution >= 0.6 is 11.6 Å². The van der Waals surface area contributed by atoms with E-state index in [0.717, 1.165) is 0 Å². The van der Waals surface area contributed by atoms with Gasteiger partial charge in [0.25, 0.3) is 5.91 Å². The Morgan fingerprint density at radius 1 is 1.44 bits per heavy atom. The van der Waals surface area contributed by atoms with E-state index in [4.69, 9.17) is 11.6 Å². The molecule has 0 saturated heterocycles. The molecule has 2 atom stereocenters. The van der Waals surface area contributed by atoms with Crippen LogP contribution in [-0.4, -0.2) is 28.8 Å². The number of halogens is 1. The zero-order chi connectivity index (χ0) is 13.7. The van der Waals surface area contributed by atoms with Crippen molar-refractivity contribution in [2.75, 3.05) is 6.54 Å². The van der Waals surface area contributed by atoms with E-state index in [0.29, 0.717) is 13.0 Å². The molecule has 0 radical (unpaired) electrons. The highest BCUT2D eigenvalue weighted by Gasteiger charge is 2.16. The largest absolute Gasteiger partial charge is 0.507 e. The number of aromatic hydroxyl groups is 1. The van der Waals surface area contributed by atoms with Gasteiger partial charge in [-0.3, -0.25) is 4.79 Å². The van der Waals surface area contributed by atoms with Crippen molar-refractivity contribution in [1.82, 2.24) is 5.32 Å². The molecule has 100 valence electrons. The number of carbonyl (C=O) groups excluding carboxylic acids is 1. The summed E-state index contributed by atoms with van der Waals surface area (Å²) in [5, 5.41) is 21.7. The van der Waals surface area contributed by atoms with E-state index in [-0.39, 0.29) is 22.3 Å². The first-order chi connectivity index (χ1) is 8.41. The number of amides is 1. The molecule has 0 heterocycles. The summed E-state index contributed by atoms with van der Waals surface area (Å²) < 4.78 is 0. The molecule has 1 aromatic carbocycles.